The van der Waals surface area contributed by atoms with Crippen LogP contribution in [-0.4, -0.2) is 24.3 Å². The number of unbranched alkanes of at least 4 members (excludes halogenated alkanes) is 5. The van der Waals surface area contributed by atoms with Gasteiger partial charge in [-0.1, -0.05) is 63.3 Å². The molecule has 0 amide bonds. The van der Waals surface area contributed by atoms with Crippen molar-refractivity contribution >= 4 is 5.97 Å². The van der Waals surface area contributed by atoms with Gasteiger partial charge in [-0.3, -0.25) is 9.63 Å². The van der Waals surface area contributed by atoms with E-state index in [1.54, 1.807) is 5.06 Å². The second-order valence-electron chi connectivity index (χ2n) is 6.21. The normalized spacial score (nSPS) is 15.6. The Morgan fingerprint density at radius 1 is 1.04 bits per heavy atom. The fraction of sp³-hybridized carbons (Fsp3) is 0.632. The van der Waals surface area contributed by atoms with Crippen LogP contribution < -0.4 is 0 Å². The van der Waals surface area contributed by atoms with Crippen molar-refractivity contribution in [1.82, 2.24) is 5.06 Å². The lowest BCUT2D eigenvalue weighted by atomic mass is 10.0. The quantitative estimate of drug-likeness (QED) is 0.478. The largest absolute Gasteiger partial charge is 0.447 e. The minimum atomic E-state index is -0.149. The van der Waals surface area contributed by atoms with Crippen molar-refractivity contribution in [3.05, 3.63) is 35.4 Å². The van der Waals surface area contributed by atoms with Gasteiger partial charge in [0.15, 0.2) is 6.73 Å². The van der Waals surface area contributed by atoms with Crippen molar-refractivity contribution in [3.8, 4) is 0 Å². The average molecular weight is 319 g/mol. The lowest BCUT2D eigenvalue weighted by Gasteiger charge is -2.24. The number of aryl methyl sites for hydroxylation is 1. The van der Waals surface area contributed by atoms with E-state index in [9.17, 15) is 4.79 Å². The molecule has 1 aliphatic heterocycles. The third-order valence-electron chi connectivity index (χ3n) is 4.19. The molecule has 0 bridgehead atoms. The summed E-state index contributed by atoms with van der Waals surface area (Å²) in [5.74, 6) is -0.149. The summed E-state index contributed by atoms with van der Waals surface area (Å²) in [5, 5.41) is 1.70. The molecule has 2 rings (SSSR count). The molecule has 0 saturated carbocycles. The molecule has 1 aromatic carbocycles. The van der Waals surface area contributed by atoms with Crippen LogP contribution in [0.25, 0.3) is 0 Å². The van der Waals surface area contributed by atoms with Gasteiger partial charge >= 0.3 is 5.97 Å². The molecule has 0 unspecified atom stereocenters. The first-order chi connectivity index (χ1) is 11.3. The van der Waals surface area contributed by atoms with Crippen LogP contribution >= 0.6 is 0 Å². The fourth-order valence-corrected chi connectivity index (χ4v) is 2.68. The van der Waals surface area contributed by atoms with Crippen molar-refractivity contribution < 1.29 is 14.4 Å². The van der Waals surface area contributed by atoms with Gasteiger partial charge < -0.3 is 4.74 Å². The number of cyclic esters (lactones) is 1. The van der Waals surface area contributed by atoms with Crippen molar-refractivity contribution in [2.24, 2.45) is 0 Å². The van der Waals surface area contributed by atoms with Gasteiger partial charge in [-0.2, -0.15) is 5.06 Å². The number of rotatable bonds is 10. The van der Waals surface area contributed by atoms with Crippen LogP contribution in [0.4, 0.5) is 0 Å². The molecule has 1 saturated heterocycles. The van der Waals surface area contributed by atoms with Gasteiger partial charge in [0.2, 0.25) is 0 Å². The van der Waals surface area contributed by atoms with Crippen molar-refractivity contribution in [1.29, 1.82) is 0 Å². The number of esters is 1. The number of carbonyl (C=O) groups excluding carboxylic acids is 1. The summed E-state index contributed by atoms with van der Waals surface area (Å²) in [6.45, 7) is 3.61. The molecule has 128 valence electrons. The van der Waals surface area contributed by atoms with Crippen molar-refractivity contribution in [2.75, 3.05) is 13.3 Å². The lowest BCUT2D eigenvalue weighted by molar-refractivity contribution is -0.233. The van der Waals surface area contributed by atoms with Gasteiger partial charge in [0.1, 0.15) is 0 Å². The highest BCUT2D eigenvalue weighted by Crippen LogP contribution is 2.13. The molecular formula is C19H29NO3. The first kappa shape index (κ1) is 18.0. The third kappa shape index (κ3) is 7.14. The summed E-state index contributed by atoms with van der Waals surface area (Å²) in [6, 6.07) is 8.65. The number of hydrogen-bond acceptors (Lipinski definition) is 4. The van der Waals surface area contributed by atoms with Crippen LogP contribution in [0, 0.1) is 0 Å². The summed E-state index contributed by atoms with van der Waals surface area (Å²) in [6.07, 6.45) is 9.58. The highest BCUT2D eigenvalue weighted by molar-refractivity contribution is 5.69. The maximum atomic E-state index is 11.0. The first-order valence-electron chi connectivity index (χ1n) is 8.89. The van der Waals surface area contributed by atoms with Gasteiger partial charge in [0.25, 0.3) is 0 Å². The maximum Gasteiger partial charge on any atom is 0.308 e. The number of nitrogens with zero attached hydrogens (tertiary/aromatic N) is 1. The summed E-state index contributed by atoms with van der Waals surface area (Å²) in [4.78, 5) is 16.6. The van der Waals surface area contributed by atoms with Crippen LogP contribution in [0.2, 0.25) is 0 Å². The molecule has 0 aliphatic carbocycles. The number of ether oxygens (including phenoxy) is 1. The molecule has 1 aromatic rings. The lowest BCUT2D eigenvalue weighted by Crippen LogP contribution is -2.35. The predicted octanol–water partition coefficient (Wildman–Crippen LogP) is 4.23. The van der Waals surface area contributed by atoms with E-state index in [-0.39, 0.29) is 12.7 Å². The van der Waals surface area contributed by atoms with E-state index in [4.69, 9.17) is 9.57 Å². The topological polar surface area (TPSA) is 38.8 Å². The van der Waals surface area contributed by atoms with Crippen LogP contribution in [0.3, 0.4) is 0 Å². The molecule has 1 heterocycles. The first-order valence-corrected chi connectivity index (χ1v) is 8.89. The van der Waals surface area contributed by atoms with E-state index in [1.807, 2.05) is 0 Å². The second-order valence-corrected chi connectivity index (χ2v) is 6.21. The predicted molar refractivity (Wildman–Crippen MR) is 90.6 cm³/mol. The fourth-order valence-electron chi connectivity index (χ4n) is 2.68. The molecule has 4 heteroatoms. The Labute approximate surface area is 139 Å². The Balaban J connectivity index is 1.61. The number of hydrogen-bond donors (Lipinski definition) is 0. The Bertz CT molecular complexity index is 448. The molecule has 0 radical (unpaired) electrons. The second kappa shape index (κ2) is 10.4. The minimum Gasteiger partial charge on any atom is -0.447 e. The molecule has 0 aromatic heterocycles. The van der Waals surface area contributed by atoms with Gasteiger partial charge in [-0.05, 0) is 24.0 Å². The van der Waals surface area contributed by atoms with Gasteiger partial charge in [0.05, 0.1) is 13.0 Å². The monoisotopic (exact) mass is 319 g/mol. The van der Waals surface area contributed by atoms with E-state index in [0.29, 0.717) is 19.6 Å². The van der Waals surface area contributed by atoms with Crippen molar-refractivity contribution in [2.45, 2.75) is 64.9 Å². The Kier molecular flexibility index (Phi) is 8.12. The molecular weight excluding hydrogens is 290 g/mol. The number of carbonyl (C=O) groups is 1. The van der Waals surface area contributed by atoms with E-state index in [0.717, 1.165) is 12.0 Å². The van der Waals surface area contributed by atoms with Gasteiger partial charge in [-0.25, -0.2) is 0 Å². The smallest absolute Gasteiger partial charge is 0.308 e. The molecule has 0 spiro atoms. The Hall–Kier alpha value is -1.39. The molecule has 1 aliphatic rings. The number of benzene rings is 1. The summed E-state index contributed by atoms with van der Waals surface area (Å²) >= 11 is 0. The average Bonchev–Trinajstić information content (AvgIpc) is 2.58. The zero-order valence-electron chi connectivity index (χ0n) is 14.3. The summed E-state index contributed by atoms with van der Waals surface area (Å²) in [5.41, 5.74) is 2.55. The SMILES string of the molecule is CCCCCCCCc1ccc(CON2CCC(=O)OC2)cc1. The zero-order valence-corrected chi connectivity index (χ0v) is 14.3. The standard InChI is InChI=1S/C19H29NO3/c1-2-3-4-5-6-7-8-17-9-11-18(12-10-17)15-23-20-14-13-19(21)22-16-20/h9-12H,2-8,13-16H2,1H3. The Morgan fingerprint density at radius 2 is 1.74 bits per heavy atom. The summed E-state index contributed by atoms with van der Waals surface area (Å²) < 4.78 is 4.94. The van der Waals surface area contributed by atoms with Crippen LogP contribution in [0.1, 0.15) is 63.0 Å². The Morgan fingerprint density at radius 3 is 2.43 bits per heavy atom. The number of hydroxylamine groups is 2. The molecule has 0 N–H and O–H groups in total. The molecule has 4 nitrogen and oxygen atoms in total. The van der Waals surface area contributed by atoms with Crippen LogP contribution in [0.15, 0.2) is 24.3 Å². The highest BCUT2D eigenvalue weighted by atomic mass is 16.7. The van der Waals surface area contributed by atoms with E-state index in [1.165, 1.54) is 44.1 Å². The zero-order chi connectivity index (χ0) is 16.3. The molecule has 23 heavy (non-hydrogen) atoms. The molecule has 0 atom stereocenters. The van der Waals surface area contributed by atoms with Gasteiger partial charge in [0, 0.05) is 6.54 Å². The van der Waals surface area contributed by atoms with Crippen LogP contribution in [0.5, 0.6) is 0 Å². The third-order valence-corrected chi connectivity index (χ3v) is 4.19. The van der Waals surface area contributed by atoms with E-state index < -0.39 is 0 Å². The molecule has 1 fully saturated rings. The highest BCUT2D eigenvalue weighted by Gasteiger charge is 2.17. The van der Waals surface area contributed by atoms with Gasteiger partial charge in [-0.15, -0.1) is 0 Å². The van der Waals surface area contributed by atoms with Crippen LogP contribution in [-0.2, 0) is 27.4 Å². The van der Waals surface area contributed by atoms with E-state index in [2.05, 4.69) is 31.2 Å². The summed E-state index contributed by atoms with van der Waals surface area (Å²) in [7, 11) is 0. The van der Waals surface area contributed by atoms with Crippen molar-refractivity contribution in [3.63, 3.8) is 0 Å². The maximum absolute atomic E-state index is 11.0. The van der Waals surface area contributed by atoms with E-state index >= 15 is 0 Å². The minimum absolute atomic E-state index is 0.149.